The summed E-state index contributed by atoms with van der Waals surface area (Å²) in [5, 5.41) is 12.0. The fourth-order valence-corrected chi connectivity index (χ4v) is 15.0. The van der Waals surface area contributed by atoms with Crippen molar-refractivity contribution in [3.63, 3.8) is 0 Å². The zero-order valence-corrected chi connectivity index (χ0v) is 63.2. The Hall–Kier alpha value is -10.1. The van der Waals surface area contributed by atoms with E-state index in [9.17, 15) is 33.7 Å². The molecule has 4 aromatic heterocycles. The number of aryl methyl sites for hydroxylation is 7. The quantitative estimate of drug-likeness (QED) is 0.0337. The van der Waals surface area contributed by atoms with Crippen LogP contribution in [-0.2, 0) is 99.8 Å². The molecule has 0 aliphatic heterocycles. The second-order valence-corrected chi connectivity index (χ2v) is 32.8. The highest BCUT2D eigenvalue weighted by atomic mass is 32.2. The Morgan fingerprint density at radius 2 is 0.769 bits per heavy atom. The lowest BCUT2D eigenvalue weighted by Gasteiger charge is -2.13. The SMILES string of the molecule is CC(C)NS(=O)(=O)c1ccc(CCc2ccccc2)c(-c2cn(C)cn2)c1.CCNS(=O)(=O)c1ccc(CCc2ccccc2)c(-c2cn(C)cn2)c1.CCS(=O)(=O)c1ccc(NCc2ccccc2)c(-c2cn(C(C)C)cn2)c1.Cn1cnc(-c2cc(S(N)(=O)=O)ccc2NCc2ccccc2)c1. The first-order valence-corrected chi connectivity index (χ1v) is 40.3. The Morgan fingerprint density at radius 3 is 1.14 bits per heavy atom. The third-order valence-corrected chi connectivity index (χ3v) is 22.5. The molecule has 0 unspecified atom stereocenters. The fourth-order valence-electron chi connectivity index (χ4n) is 11.2. The molecule has 0 saturated carbocycles. The number of rotatable bonds is 26. The van der Waals surface area contributed by atoms with Gasteiger partial charge in [0, 0.05) is 111 Å². The highest BCUT2D eigenvalue weighted by Gasteiger charge is 2.22. The summed E-state index contributed by atoms with van der Waals surface area (Å²) in [5.74, 6) is 0.0731. The molecule has 0 amide bonds. The van der Waals surface area contributed by atoms with Gasteiger partial charge >= 0.3 is 0 Å². The molecule has 12 rings (SSSR count). The number of sulfonamides is 3. The maximum absolute atomic E-state index is 12.6. The van der Waals surface area contributed by atoms with Crippen LogP contribution in [0.25, 0.3) is 45.0 Å². The number of benzene rings is 8. The molecule has 0 spiro atoms. The Balaban J connectivity index is 0.000000161. The molecule has 104 heavy (non-hydrogen) atoms. The van der Waals surface area contributed by atoms with Crippen molar-refractivity contribution in [3.05, 3.63) is 278 Å². The van der Waals surface area contributed by atoms with Crippen LogP contribution in [0.5, 0.6) is 0 Å². The molecular formula is C79H91N13O8S4. The fraction of sp³-hybridized carbons (Fsp3) is 0.241. The number of anilines is 2. The minimum atomic E-state index is -3.77. The number of nitrogens with one attached hydrogen (secondary N) is 4. The normalized spacial score (nSPS) is 11.7. The number of sulfone groups is 1. The van der Waals surface area contributed by atoms with E-state index in [1.807, 2.05) is 177 Å². The number of hydrogen-bond acceptors (Lipinski definition) is 14. The molecule has 4 heterocycles. The van der Waals surface area contributed by atoms with Crippen molar-refractivity contribution < 1.29 is 33.7 Å². The predicted molar refractivity (Wildman–Crippen MR) is 415 cm³/mol. The molecular weight excluding hydrogens is 1390 g/mol. The van der Waals surface area contributed by atoms with Crippen LogP contribution in [0.2, 0.25) is 0 Å². The van der Waals surface area contributed by atoms with E-state index in [-0.39, 0.29) is 32.5 Å². The minimum Gasteiger partial charge on any atom is -0.380 e. The van der Waals surface area contributed by atoms with Crippen molar-refractivity contribution in [2.75, 3.05) is 22.9 Å². The van der Waals surface area contributed by atoms with Crippen LogP contribution >= 0.6 is 0 Å². The van der Waals surface area contributed by atoms with E-state index >= 15 is 0 Å². The summed E-state index contributed by atoms with van der Waals surface area (Å²) in [7, 11) is -8.45. The number of nitrogens with zero attached hydrogens (tertiary/aromatic N) is 8. The summed E-state index contributed by atoms with van der Waals surface area (Å²) in [6.45, 7) is 12.8. The van der Waals surface area contributed by atoms with Gasteiger partial charge in [-0.05, 0) is 147 Å². The molecule has 0 atom stereocenters. The van der Waals surface area contributed by atoms with Crippen LogP contribution in [0, 0.1) is 0 Å². The van der Waals surface area contributed by atoms with Gasteiger partial charge in [-0.15, -0.1) is 0 Å². The summed E-state index contributed by atoms with van der Waals surface area (Å²) in [6.07, 6.45) is 17.9. The molecule has 0 radical (unpaired) electrons. The molecule has 21 nitrogen and oxygen atoms in total. The second-order valence-electron chi connectivity index (χ2n) is 25.5. The van der Waals surface area contributed by atoms with E-state index in [0.717, 1.165) is 93.1 Å². The molecule has 25 heteroatoms. The predicted octanol–water partition coefficient (Wildman–Crippen LogP) is 13.6. The van der Waals surface area contributed by atoms with Gasteiger partial charge in [0.15, 0.2) is 9.84 Å². The summed E-state index contributed by atoms with van der Waals surface area (Å²) in [4.78, 5) is 18.6. The highest BCUT2D eigenvalue weighted by molar-refractivity contribution is 7.91. The van der Waals surface area contributed by atoms with Crippen LogP contribution in [0.4, 0.5) is 11.4 Å². The van der Waals surface area contributed by atoms with Crippen molar-refractivity contribution in [2.45, 2.75) is 112 Å². The van der Waals surface area contributed by atoms with Gasteiger partial charge < -0.3 is 28.9 Å². The monoisotopic (exact) mass is 1480 g/mol. The first-order chi connectivity index (χ1) is 49.7. The minimum absolute atomic E-state index is 0.0633. The lowest BCUT2D eigenvalue weighted by atomic mass is 9.98. The molecule has 544 valence electrons. The van der Waals surface area contributed by atoms with Gasteiger partial charge in [-0.2, -0.15) is 0 Å². The second kappa shape index (κ2) is 35.9. The topological polar surface area (TPSA) is 282 Å². The third kappa shape index (κ3) is 22.0. The summed E-state index contributed by atoms with van der Waals surface area (Å²) in [6, 6.07) is 61.3. The van der Waals surface area contributed by atoms with Crippen molar-refractivity contribution >= 4 is 51.3 Å². The van der Waals surface area contributed by atoms with Crippen molar-refractivity contribution in [1.82, 2.24) is 47.6 Å². The molecule has 6 N–H and O–H groups in total. The van der Waals surface area contributed by atoms with Crippen LogP contribution in [0.15, 0.2) is 264 Å². The van der Waals surface area contributed by atoms with Crippen LogP contribution in [-0.4, -0.2) is 90.2 Å². The molecule has 0 aliphatic rings. The molecule has 0 saturated heterocycles. The third-order valence-electron chi connectivity index (χ3n) is 16.7. The van der Waals surface area contributed by atoms with Gasteiger partial charge in [0.2, 0.25) is 30.1 Å². The number of imidazole rings is 4. The van der Waals surface area contributed by atoms with E-state index in [2.05, 4.69) is 90.3 Å². The zero-order chi connectivity index (χ0) is 74.6. The Kier molecular flexibility index (Phi) is 26.9. The van der Waals surface area contributed by atoms with E-state index in [1.54, 1.807) is 92.3 Å². The summed E-state index contributed by atoms with van der Waals surface area (Å²) >= 11 is 0. The molecule has 0 fully saturated rings. The molecule has 12 aromatic rings. The van der Waals surface area contributed by atoms with Gasteiger partial charge in [-0.25, -0.2) is 68.2 Å². The first-order valence-electron chi connectivity index (χ1n) is 34.1. The van der Waals surface area contributed by atoms with Gasteiger partial charge in [-0.1, -0.05) is 147 Å². The number of hydrogen-bond donors (Lipinski definition) is 5. The highest BCUT2D eigenvalue weighted by Crippen LogP contribution is 2.34. The van der Waals surface area contributed by atoms with Gasteiger partial charge in [0.1, 0.15) is 0 Å². The maximum Gasteiger partial charge on any atom is 0.240 e. The van der Waals surface area contributed by atoms with E-state index in [0.29, 0.717) is 35.8 Å². The van der Waals surface area contributed by atoms with Crippen LogP contribution in [0.3, 0.4) is 0 Å². The summed E-state index contributed by atoms with van der Waals surface area (Å²) in [5.41, 5.74) is 14.8. The lowest BCUT2D eigenvalue weighted by Crippen LogP contribution is -2.30. The van der Waals surface area contributed by atoms with E-state index < -0.39 is 39.9 Å². The lowest BCUT2D eigenvalue weighted by molar-refractivity contribution is 0.569. The van der Waals surface area contributed by atoms with E-state index in [4.69, 9.17) is 5.14 Å². The zero-order valence-electron chi connectivity index (χ0n) is 60.0. The van der Waals surface area contributed by atoms with Crippen LogP contribution < -0.4 is 25.2 Å². The molecule has 8 aromatic carbocycles. The van der Waals surface area contributed by atoms with Gasteiger partial charge in [0.25, 0.3) is 0 Å². The average molecular weight is 1480 g/mol. The number of aromatic nitrogens is 8. The first kappa shape index (κ1) is 78.0. The maximum atomic E-state index is 12.6. The van der Waals surface area contributed by atoms with Crippen LogP contribution in [0.1, 0.15) is 81.0 Å². The Labute approximate surface area is 612 Å². The van der Waals surface area contributed by atoms with E-state index in [1.165, 1.54) is 17.2 Å². The van der Waals surface area contributed by atoms with Crippen molar-refractivity contribution in [3.8, 4) is 45.0 Å². The molecule has 0 aliphatic carbocycles. The van der Waals surface area contributed by atoms with Crippen molar-refractivity contribution in [1.29, 1.82) is 0 Å². The Morgan fingerprint density at radius 1 is 0.404 bits per heavy atom. The summed E-state index contributed by atoms with van der Waals surface area (Å²) < 4.78 is 111. The van der Waals surface area contributed by atoms with Gasteiger partial charge in [-0.3, -0.25) is 0 Å². The standard InChI is InChI=1S/2C21H25N3O2S.C20H23N3O2S.C17H18N4O2S/c1-16(2)23-27(25,26)19-12-11-18(10-9-17-7-5-4-6-8-17)20(13-19)21-14-24(3)15-22-21;1-4-27(25,26)18-10-11-20(22-13-17-8-6-5-7-9-17)19(12-18)21-14-24(15-23-21)16(2)3;1-3-22-26(24,25)18-12-11-17(10-9-16-7-5-4-6-8-16)19(13-18)20-14-23(2)15-21-20;1-21-11-17(20-12-21)15-9-14(24(18,22)23)7-8-16(15)19-10-13-5-3-2-4-6-13/h4-8,11-16,23H,9-10H2,1-3H3;5-12,14-16,22H,4,13H2,1-3H3;4-8,11-15,22H,3,9-10H2,1-2H3;2-9,11-12,19H,10H2,1H3,(H2,18,22,23). The molecule has 0 bridgehead atoms. The smallest absolute Gasteiger partial charge is 0.240 e. The largest absolute Gasteiger partial charge is 0.380 e. The number of primary sulfonamides is 1. The average Bonchev–Trinajstić information content (AvgIpc) is 1.45. The number of nitrogens with two attached hydrogens (primary N) is 1. The van der Waals surface area contributed by atoms with Crippen molar-refractivity contribution in [2.24, 2.45) is 26.3 Å². The van der Waals surface area contributed by atoms with Gasteiger partial charge in [0.05, 0.1) is 73.4 Å². The Bertz CT molecular complexity index is 5260.